The molecule has 20 heavy (non-hydrogen) atoms. The molecule has 0 saturated heterocycles. The van der Waals surface area contributed by atoms with E-state index in [1.807, 2.05) is 11.8 Å². The van der Waals surface area contributed by atoms with E-state index in [9.17, 15) is 4.79 Å². The topological polar surface area (TPSA) is 29.1 Å². The van der Waals surface area contributed by atoms with Crippen molar-refractivity contribution in [3.05, 3.63) is 59.7 Å². The molecule has 2 aromatic carbocycles. The molecule has 2 nitrogen and oxygen atoms in total. The molecule has 1 N–H and O–H groups in total. The number of hydrogen-bond donors (Lipinski definition) is 1. The van der Waals surface area contributed by atoms with E-state index in [-0.39, 0.29) is 5.91 Å². The van der Waals surface area contributed by atoms with Crippen molar-refractivity contribution in [3.63, 3.8) is 0 Å². The molecule has 0 radical (unpaired) electrons. The summed E-state index contributed by atoms with van der Waals surface area (Å²) in [6, 6.07) is 17.1. The van der Waals surface area contributed by atoms with Crippen LogP contribution < -0.4 is 5.32 Å². The SMILES string of the molecule is CC(=O)NCC1Cc2ccccc2Sc2ccccc21. The van der Waals surface area contributed by atoms with Crippen molar-refractivity contribution < 1.29 is 4.79 Å². The van der Waals surface area contributed by atoms with Crippen LogP contribution in [0.25, 0.3) is 0 Å². The average molecular weight is 283 g/mol. The highest BCUT2D eigenvalue weighted by atomic mass is 32.2. The molecule has 0 aromatic heterocycles. The summed E-state index contributed by atoms with van der Waals surface area (Å²) in [5.74, 6) is 0.374. The fourth-order valence-electron chi connectivity index (χ4n) is 2.63. The summed E-state index contributed by atoms with van der Waals surface area (Å²) >= 11 is 1.83. The van der Waals surface area contributed by atoms with E-state index in [4.69, 9.17) is 0 Å². The number of rotatable bonds is 2. The van der Waals surface area contributed by atoms with Gasteiger partial charge in [-0.3, -0.25) is 4.79 Å². The Balaban J connectivity index is 1.99. The van der Waals surface area contributed by atoms with Crippen LogP contribution in [0.3, 0.4) is 0 Å². The van der Waals surface area contributed by atoms with Crippen molar-refractivity contribution >= 4 is 17.7 Å². The van der Waals surface area contributed by atoms with Crippen molar-refractivity contribution in [1.29, 1.82) is 0 Å². The fourth-order valence-corrected chi connectivity index (χ4v) is 3.79. The molecule has 0 saturated carbocycles. The minimum absolute atomic E-state index is 0.0349. The van der Waals surface area contributed by atoms with Gasteiger partial charge in [-0.25, -0.2) is 0 Å². The van der Waals surface area contributed by atoms with Crippen LogP contribution in [0, 0.1) is 0 Å². The molecular weight excluding hydrogens is 266 g/mol. The molecule has 1 aliphatic heterocycles. The zero-order chi connectivity index (χ0) is 13.9. The largest absolute Gasteiger partial charge is 0.356 e. The molecule has 0 spiro atoms. The van der Waals surface area contributed by atoms with Gasteiger partial charge in [-0.15, -0.1) is 0 Å². The minimum Gasteiger partial charge on any atom is -0.356 e. The van der Waals surface area contributed by atoms with Crippen LogP contribution in [0.4, 0.5) is 0 Å². The Kier molecular flexibility index (Phi) is 3.79. The molecule has 102 valence electrons. The van der Waals surface area contributed by atoms with Crippen molar-refractivity contribution in [3.8, 4) is 0 Å². The van der Waals surface area contributed by atoms with Gasteiger partial charge >= 0.3 is 0 Å². The van der Waals surface area contributed by atoms with Crippen LogP contribution in [0.2, 0.25) is 0 Å². The first-order valence-electron chi connectivity index (χ1n) is 6.83. The summed E-state index contributed by atoms with van der Waals surface area (Å²) in [5, 5.41) is 2.97. The van der Waals surface area contributed by atoms with E-state index < -0.39 is 0 Å². The van der Waals surface area contributed by atoms with Crippen molar-refractivity contribution in [2.45, 2.75) is 29.1 Å². The summed E-state index contributed by atoms with van der Waals surface area (Å²) in [5.41, 5.74) is 2.70. The zero-order valence-electron chi connectivity index (χ0n) is 11.4. The number of benzene rings is 2. The van der Waals surface area contributed by atoms with Crippen LogP contribution in [0.1, 0.15) is 24.0 Å². The predicted octanol–water partition coefficient (Wildman–Crippen LogP) is 3.61. The molecule has 1 heterocycles. The summed E-state index contributed by atoms with van der Waals surface area (Å²) < 4.78 is 0. The molecule has 0 bridgehead atoms. The molecule has 3 rings (SSSR count). The third-order valence-electron chi connectivity index (χ3n) is 3.62. The minimum atomic E-state index is 0.0349. The lowest BCUT2D eigenvalue weighted by molar-refractivity contribution is -0.119. The smallest absolute Gasteiger partial charge is 0.216 e. The highest BCUT2D eigenvalue weighted by Crippen LogP contribution is 2.41. The normalized spacial score (nSPS) is 16.8. The zero-order valence-corrected chi connectivity index (χ0v) is 12.2. The maximum absolute atomic E-state index is 11.2. The van der Waals surface area contributed by atoms with Crippen molar-refractivity contribution in [1.82, 2.24) is 5.32 Å². The second-order valence-corrected chi connectivity index (χ2v) is 6.17. The van der Waals surface area contributed by atoms with E-state index in [1.54, 1.807) is 6.92 Å². The molecule has 1 atom stereocenters. The molecule has 1 unspecified atom stereocenters. The first kappa shape index (κ1) is 13.3. The van der Waals surface area contributed by atoms with Crippen LogP contribution in [0.15, 0.2) is 58.3 Å². The number of fused-ring (bicyclic) bond motifs is 2. The van der Waals surface area contributed by atoms with Crippen LogP contribution in [0.5, 0.6) is 0 Å². The van der Waals surface area contributed by atoms with Crippen LogP contribution >= 0.6 is 11.8 Å². The Morgan fingerprint density at radius 3 is 2.65 bits per heavy atom. The third kappa shape index (κ3) is 2.73. The highest BCUT2D eigenvalue weighted by Gasteiger charge is 2.22. The Morgan fingerprint density at radius 1 is 1.15 bits per heavy atom. The predicted molar refractivity (Wildman–Crippen MR) is 82.1 cm³/mol. The third-order valence-corrected chi connectivity index (χ3v) is 4.82. The number of carbonyl (C=O) groups excluding carboxylic acids is 1. The average Bonchev–Trinajstić information content (AvgIpc) is 2.61. The lowest BCUT2D eigenvalue weighted by Gasteiger charge is -2.17. The molecule has 1 aliphatic rings. The molecular formula is C17H17NOS. The first-order valence-corrected chi connectivity index (χ1v) is 7.65. The van der Waals surface area contributed by atoms with Crippen LogP contribution in [-0.2, 0) is 11.2 Å². The van der Waals surface area contributed by atoms with Crippen molar-refractivity contribution in [2.24, 2.45) is 0 Å². The quantitative estimate of drug-likeness (QED) is 0.912. The Bertz CT molecular complexity index is 638. The van der Waals surface area contributed by atoms with Gasteiger partial charge in [0.1, 0.15) is 0 Å². The first-order chi connectivity index (χ1) is 9.74. The molecule has 0 fully saturated rings. The van der Waals surface area contributed by atoms with Gasteiger partial charge in [-0.05, 0) is 29.7 Å². The van der Waals surface area contributed by atoms with Crippen molar-refractivity contribution in [2.75, 3.05) is 6.54 Å². The standard InChI is InChI=1S/C17H17NOS/c1-12(19)18-11-14-10-13-6-2-4-8-16(13)20-17-9-5-3-7-15(14)17/h2-9,14H,10-11H2,1H3,(H,18,19). The van der Waals surface area contributed by atoms with E-state index in [1.165, 1.54) is 20.9 Å². The maximum atomic E-state index is 11.2. The second-order valence-electron chi connectivity index (χ2n) is 5.09. The summed E-state index contributed by atoms with van der Waals surface area (Å²) in [6.45, 7) is 2.27. The van der Waals surface area contributed by atoms with Gasteiger partial charge in [0.25, 0.3) is 0 Å². The number of hydrogen-bond acceptors (Lipinski definition) is 2. The van der Waals surface area contributed by atoms with Gasteiger partial charge < -0.3 is 5.32 Å². The van der Waals surface area contributed by atoms with E-state index in [0.717, 1.165) is 6.42 Å². The lowest BCUT2D eigenvalue weighted by atomic mass is 9.92. The van der Waals surface area contributed by atoms with Gasteiger partial charge in [-0.2, -0.15) is 0 Å². The lowest BCUT2D eigenvalue weighted by Crippen LogP contribution is -2.27. The number of nitrogens with one attached hydrogen (secondary N) is 1. The Labute approximate surface area is 123 Å². The summed E-state index contributed by atoms with van der Waals surface area (Å²) in [6.07, 6.45) is 0.973. The Hall–Kier alpha value is -1.74. The fraction of sp³-hybridized carbons (Fsp3) is 0.235. The van der Waals surface area contributed by atoms with Gasteiger partial charge in [0.05, 0.1) is 0 Å². The van der Waals surface area contributed by atoms with E-state index in [0.29, 0.717) is 12.5 Å². The molecule has 3 heteroatoms. The maximum Gasteiger partial charge on any atom is 0.216 e. The van der Waals surface area contributed by atoms with E-state index in [2.05, 4.69) is 53.8 Å². The van der Waals surface area contributed by atoms with Gasteiger partial charge in [0, 0.05) is 29.2 Å². The molecule has 1 amide bonds. The molecule has 2 aromatic rings. The highest BCUT2D eigenvalue weighted by molar-refractivity contribution is 7.99. The van der Waals surface area contributed by atoms with Gasteiger partial charge in [-0.1, -0.05) is 48.2 Å². The number of amides is 1. The molecule has 0 aliphatic carbocycles. The number of carbonyl (C=O) groups is 1. The summed E-state index contributed by atoms with van der Waals surface area (Å²) in [4.78, 5) is 13.8. The van der Waals surface area contributed by atoms with Gasteiger partial charge in [0.2, 0.25) is 5.91 Å². The monoisotopic (exact) mass is 283 g/mol. The summed E-state index contributed by atoms with van der Waals surface area (Å²) in [7, 11) is 0. The second kappa shape index (κ2) is 5.71. The van der Waals surface area contributed by atoms with Crippen LogP contribution in [-0.4, -0.2) is 12.5 Å². The Morgan fingerprint density at radius 2 is 1.85 bits per heavy atom. The van der Waals surface area contributed by atoms with E-state index >= 15 is 0 Å². The van der Waals surface area contributed by atoms with Gasteiger partial charge in [0.15, 0.2) is 0 Å².